The van der Waals surface area contributed by atoms with E-state index in [-0.39, 0.29) is 18.8 Å². The molecule has 3 N–H and O–H groups in total. The zero-order valence-corrected chi connectivity index (χ0v) is 15.5. The summed E-state index contributed by atoms with van der Waals surface area (Å²) in [4.78, 5) is 10.9. The molecule has 6 nitrogen and oxygen atoms in total. The lowest BCUT2D eigenvalue weighted by molar-refractivity contribution is -0.141. The number of nitrogens with zero attached hydrogens (tertiary/aromatic N) is 2. The molecule has 2 aromatic heterocycles. The molecule has 11 heteroatoms. The predicted molar refractivity (Wildman–Crippen MR) is 95.8 cm³/mol. The number of thiophene rings is 1. The third-order valence-electron chi connectivity index (χ3n) is 3.78. The number of nitrogens with one attached hydrogen (secondary N) is 1. The second-order valence-corrected chi connectivity index (χ2v) is 7.01. The fraction of sp³-hybridized carbons (Fsp3) is 0.250. The molecule has 0 unspecified atom stereocenters. The zero-order valence-electron chi connectivity index (χ0n) is 13.9. The lowest BCUT2D eigenvalue weighted by Crippen LogP contribution is -2.28. The van der Waals surface area contributed by atoms with Gasteiger partial charge in [0.05, 0.1) is 10.7 Å². The molecule has 27 heavy (non-hydrogen) atoms. The van der Waals surface area contributed by atoms with Gasteiger partial charge in [-0.05, 0) is 29.1 Å². The van der Waals surface area contributed by atoms with E-state index < -0.39 is 17.9 Å². The van der Waals surface area contributed by atoms with Crippen molar-refractivity contribution in [1.29, 1.82) is 0 Å². The second kappa shape index (κ2) is 7.28. The van der Waals surface area contributed by atoms with Gasteiger partial charge in [-0.3, -0.25) is 4.68 Å². The highest BCUT2D eigenvalue weighted by Gasteiger charge is 2.34. The van der Waals surface area contributed by atoms with E-state index in [9.17, 15) is 18.0 Å². The average Bonchev–Trinajstić information content (AvgIpc) is 3.14. The van der Waals surface area contributed by atoms with Crippen LogP contribution in [0.5, 0.6) is 5.75 Å². The van der Waals surface area contributed by atoms with Crippen molar-refractivity contribution in [3.63, 3.8) is 0 Å². The number of nitrogens with two attached hydrogens (primary N) is 1. The van der Waals surface area contributed by atoms with Gasteiger partial charge in [-0.25, -0.2) is 4.79 Å². The number of rotatable bonds is 5. The number of carbonyl (C=O) groups is 1. The third-order valence-corrected chi connectivity index (χ3v) is 5.06. The maximum Gasteiger partial charge on any atom is 0.435 e. The summed E-state index contributed by atoms with van der Waals surface area (Å²) in [5, 5.41) is 8.96. The highest BCUT2D eigenvalue weighted by atomic mass is 35.5. The molecule has 3 aromatic rings. The summed E-state index contributed by atoms with van der Waals surface area (Å²) in [7, 11) is 1.42. The second-order valence-electron chi connectivity index (χ2n) is 5.69. The van der Waals surface area contributed by atoms with Crippen LogP contribution < -0.4 is 15.8 Å². The molecule has 144 valence electrons. The standard InChI is InChI=1S/C16H14ClF3N4O2S/c1-24-9(2-13(23-24)16(18,19)20)6-26-10-3-11(17)14-8(5-22-15(21)25)7-27-12(14)4-10/h2-4,7H,5-6H2,1H3,(H3,21,22,25). The van der Waals surface area contributed by atoms with Crippen LogP contribution in [0.1, 0.15) is 17.0 Å². The van der Waals surface area contributed by atoms with E-state index in [2.05, 4.69) is 10.4 Å². The number of aryl methyl sites for hydroxylation is 1. The van der Waals surface area contributed by atoms with Gasteiger partial charge in [-0.2, -0.15) is 18.3 Å². The Balaban J connectivity index is 1.78. The van der Waals surface area contributed by atoms with Gasteiger partial charge in [0.15, 0.2) is 5.69 Å². The number of primary amides is 1. The normalized spacial score (nSPS) is 11.7. The van der Waals surface area contributed by atoms with Crippen molar-refractivity contribution in [2.75, 3.05) is 0 Å². The van der Waals surface area contributed by atoms with Crippen LogP contribution in [0.15, 0.2) is 23.6 Å². The number of alkyl halides is 3. The monoisotopic (exact) mass is 418 g/mol. The highest BCUT2D eigenvalue weighted by Crippen LogP contribution is 2.36. The van der Waals surface area contributed by atoms with Gasteiger partial charge in [-0.1, -0.05) is 11.6 Å². The molecule has 2 amide bonds. The van der Waals surface area contributed by atoms with Gasteiger partial charge in [0.25, 0.3) is 0 Å². The van der Waals surface area contributed by atoms with Gasteiger partial charge in [-0.15, -0.1) is 11.3 Å². The summed E-state index contributed by atoms with van der Waals surface area (Å²) >= 11 is 7.72. The zero-order chi connectivity index (χ0) is 19.8. The molecule has 0 aliphatic heterocycles. The number of hydrogen-bond donors (Lipinski definition) is 2. The Morgan fingerprint density at radius 2 is 2.15 bits per heavy atom. The number of urea groups is 1. The molecule has 0 radical (unpaired) electrons. The Hall–Kier alpha value is -2.46. The quantitative estimate of drug-likeness (QED) is 0.655. The third kappa shape index (κ3) is 4.28. The molecule has 2 heterocycles. The van der Waals surface area contributed by atoms with E-state index in [0.29, 0.717) is 10.8 Å². The van der Waals surface area contributed by atoms with Crippen LogP contribution >= 0.6 is 22.9 Å². The van der Waals surface area contributed by atoms with E-state index >= 15 is 0 Å². The average molecular weight is 419 g/mol. The summed E-state index contributed by atoms with van der Waals surface area (Å²) < 4.78 is 45.7. The van der Waals surface area contributed by atoms with Crippen LogP contribution in [-0.4, -0.2) is 15.8 Å². The molecule has 0 saturated heterocycles. The van der Waals surface area contributed by atoms with Crippen LogP contribution in [0.3, 0.4) is 0 Å². The number of ether oxygens (including phenoxy) is 1. The first-order valence-corrected chi connectivity index (χ1v) is 8.86. The van der Waals surface area contributed by atoms with Crippen LogP contribution in [0.2, 0.25) is 5.02 Å². The van der Waals surface area contributed by atoms with Crippen LogP contribution in [0.4, 0.5) is 18.0 Å². The van der Waals surface area contributed by atoms with E-state index in [1.165, 1.54) is 18.4 Å². The number of amides is 2. The van der Waals surface area contributed by atoms with Crippen LogP contribution in [0.25, 0.3) is 10.1 Å². The summed E-state index contributed by atoms with van der Waals surface area (Å²) in [6, 6.07) is 3.62. The van der Waals surface area contributed by atoms with Crippen molar-refractivity contribution in [3.8, 4) is 5.75 Å². The lowest BCUT2D eigenvalue weighted by atomic mass is 10.1. The first-order chi connectivity index (χ1) is 12.6. The van der Waals surface area contributed by atoms with E-state index in [1.807, 2.05) is 5.38 Å². The Morgan fingerprint density at radius 3 is 2.78 bits per heavy atom. The van der Waals surface area contributed by atoms with Gasteiger partial charge < -0.3 is 15.8 Å². The number of fused-ring (bicyclic) bond motifs is 1. The summed E-state index contributed by atoms with van der Waals surface area (Å²) in [6.45, 7) is 0.146. The summed E-state index contributed by atoms with van der Waals surface area (Å²) in [6.07, 6.45) is -4.51. The molecule has 0 aliphatic carbocycles. The largest absolute Gasteiger partial charge is 0.487 e. The van der Waals surface area contributed by atoms with Crippen molar-refractivity contribution >= 4 is 39.1 Å². The predicted octanol–water partition coefficient (Wildman–Crippen LogP) is 4.05. The van der Waals surface area contributed by atoms with Crippen molar-refractivity contribution in [2.45, 2.75) is 19.3 Å². The molecule has 0 atom stereocenters. The maximum atomic E-state index is 12.7. The first-order valence-electron chi connectivity index (χ1n) is 7.61. The smallest absolute Gasteiger partial charge is 0.435 e. The molecule has 0 aliphatic rings. The SMILES string of the molecule is Cn1nc(C(F)(F)F)cc1COc1cc(Cl)c2c(CNC(N)=O)csc2c1. The fourth-order valence-electron chi connectivity index (χ4n) is 2.49. The maximum absolute atomic E-state index is 12.7. The van der Waals surface area contributed by atoms with Gasteiger partial charge in [0.1, 0.15) is 12.4 Å². The number of carbonyl (C=O) groups excluding carboxylic acids is 1. The molecular formula is C16H14ClF3N4O2S. The minimum absolute atomic E-state index is 0.0944. The van der Waals surface area contributed by atoms with Crippen LogP contribution in [-0.2, 0) is 26.4 Å². The molecule has 0 fully saturated rings. The number of benzene rings is 1. The van der Waals surface area contributed by atoms with E-state index in [0.717, 1.165) is 26.4 Å². The minimum Gasteiger partial charge on any atom is -0.487 e. The topological polar surface area (TPSA) is 82.2 Å². The molecule has 1 aromatic carbocycles. The molecule has 0 bridgehead atoms. The van der Waals surface area contributed by atoms with Gasteiger partial charge in [0.2, 0.25) is 0 Å². The molecular weight excluding hydrogens is 405 g/mol. The van der Waals surface area contributed by atoms with Crippen LogP contribution in [0, 0.1) is 0 Å². The summed E-state index contributed by atoms with van der Waals surface area (Å²) in [5.74, 6) is 0.415. The first kappa shape index (κ1) is 19.3. The Bertz CT molecular complexity index is 1000. The molecule has 0 spiro atoms. The number of halogens is 4. The fourth-order valence-corrected chi connectivity index (χ4v) is 3.89. The Morgan fingerprint density at radius 1 is 1.41 bits per heavy atom. The number of aromatic nitrogens is 2. The van der Waals surface area contributed by atoms with Crippen molar-refractivity contribution in [2.24, 2.45) is 12.8 Å². The number of hydrogen-bond acceptors (Lipinski definition) is 4. The lowest BCUT2D eigenvalue weighted by Gasteiger charge is -2.08. The summed E-state index contributed by atoms with van der Waals surface area (Å²) in [5.41, 5.74) is 5.19. The van der Waals surface area contributed by atoms with Crippen molar-refractivity contribution in [1.82, 2.24) is 15.1 Å². The van der Waals surface area contributed by atoms with E-state index in [1.54, 1.807) is 12.1 Å². The van der Waals surface area contributed by atoms with Gasteiger partial charge in [0, 0.05) is 23.7 Å². The van der Waals surface area contributed by atoms with Crippen molar-refractivity contribution in [3.05, 3.63) is 45.6 Å². The van der Waals surface area contributed by atoms with E-state index in [4.69, 9.17) is 22.1 Å². The Kier molecular flexibility index (Phi) is 5.20. The highest BCUT2D eigenvalue weighted by molar-refractivity contribution is 7.17. The minimum atomic E-state index is -4.51. The van der Waals surface area contributed by atoms with Crippen molar-refractivity contribution < 1.29 is 22.7 Å². The van der Waals surface area contributed by atoms with Gasteiger partial charge >= 0.3 is 12.2 Å². The molecule has 0 saturated carbocycles. The molecule has 3 rings (SSSR count). The Labute approximate surface area is 160 Å².